The Morgan fingerprint density at radius 1 is 1.10 bits per heavy atom. The molecular formula is C24H28N4O2. The highest BCUT2D eigenvalue weighted by molar-refractivity contribution is 6.39. The van der Waals surface area contributed by atoms with Gasteiger partial charge in [0, 0.05) is 41.9 Å². The zero-order valence-electron chi connectivity index (χ0n) is 17.3. The number of benzene rings is 2. The minimum Gasteiger partial charge on any atom is -0.361 e. The SMILES string of the molecule is Cc1c[nH]c2ccc(NC(=O)C(=O)NCC3CCCCN3Cc3ccccc3)cc12. The van der Waals surface area contributed by atoms with Gasteiger partial charge in [0.1, 0.15) is 0 Å². The minimum absolute atomic E-state index is 0.245. The van der Waals surface area contributed by atoms with Crippen molar-refractivity contribution < 1.29 is 9.59 Å². The number of aromatic amines is 1. The maximum atomic E-state index is 12.4. The molecule has 2 heterocycles. The Labute approximate surface area is 176 Å². The van der Waals surface area contributed by atoms with Crippen LogP contribution in [0.3, 0.4) is 0 Å². The Kier molecular flexibility index (Phi) is 6.14. The first-order valence-electron chi connectivity index (χ1n) is 10.5. The van der Waals surface area contributed by atoms with Crippen molar-refractivity contribution in [3.05, 3.63) is 65.9 Å². The summed E-state index contributed by atoms with van der Waals surface area (Å²) in [4.78, 5) is 30.3. The summed E-state index contributed by atoms with van der Waals surface area (Å²) in [6.45, 7) is 4.36. The molecule has 6 nitrogen and oxygen atoms in total. The lowest BCUT2D eigenvalue weighted by Gasteiger charge is -2.35. The number of carbonyl (C=O) groups is 2. The molecule has 1 aliphatic rings. The first-order valence-corrected chi connectivity index (χ1v) is 10.5. The molecule has 1 unspecified atom stereocenters. The van der Waals surface area contributed by atoms with Crippen LogP contribution in [0.25, 0.3) is 10.9 Å². The molecule has 0 aliphatic carbocycles. The van der Waals surface area contributed by atoms with Gasteiger partial charge in [0.25, 0.3) is 0 Å². The van der Waals surface area contributed by atoms with Gasteiger partial charge in [0.15, 0.2) is 0 Å². The highest BCUT2D eigenvalue weighted by Crippen LogP contribution is 2.22. The van der Waals surface area contributed by atoms with E-state index in [1.807, 2.05) is 43.5 Å². The number of likely N-dealkylation sites (tertiary alicyclic amines) is 1. The van der Waals surface area contributed by atoms with Crippen LogP contribution in [-0.4, -0.2) is 40.8 Å². The molecule has 0 radical (unpaired) electrons. The summed E-state index contributed by atoms with van der Waals surface area (Å²) in [5.41, 5.74) is 3.99. The minimum atomic E-state index is -0.632. The van der Waals surface area contributed by atoms with E-state index >= 15 is 0 Å². The van der Waals surface area contributed by atoms with E-state index in [0.29, 0.717) is 12.2 Å². The van der Waals surface area contributed by atoms with E-state index in [9.17, 15) is 9.59 Å². The number of rotatable bonds is 5. The lowest BCUT2D eigenvalue weighted by Crippen LogP contribution is -2.48. The fourth-order valence-corrected chi connectivity index (χ4v) is 4.13. The van der Waals surface area contributed by atoms with Gasteiger partial charge in [-0.3, -0.25) is 14.5 Å². The van der Waals surface area contributed by atoms with Gasteiger partial charge in [-0.05, 0) is 55.6 Å². The summed E-state index contributed by atoms with van der Waals surface area (Å²) in [6, 6.07) is 16.2. The lowest BCUT2D eigenvalue weighted by molar-refractivity contribution is -0.136. The first kappa shape index (κ1) is 20.2. The smallest absolute Gasteiger partial charge is 0.313 e. The number of H-pyrrole nitrogens is 1. The molecule has 1 atom stereocenters. The number of amides is 2. The number of fused-ring (bicyclic) bond motifs is 1. The van der Waals surface area contributed by atoms with Gasteiger partial charge in [0.2, 0.25) is 0 Å². The van der Waals surface area contributed by atoms with Gasteiger partial charge in [-0.25, -0.2) is 0 Å². The second kappa shape index (κ2) is 9.13. The van der Waals surface area contributed by atoms with E-state index in [1.165, 1.54) is 12.0 Å². The average Bonchev–Trinajstić information content (AvgIpc) is 3.14. The summed E-state index contributed by atoms with van der Waals surface area (Å²) < 4.78 is 0. The predicted molar refractivity (Wildman–Crippen MR) is 119 cm³/mol. The van der Waals surface area contributed by atoms with Crippen LogP contribution in [0.1, 0.15) is 30.4 Å². The van der Waals surface area contributed by atoms with E-state index in [0.717, 1.165) is 42.4 Å². The molecule has 3 aromatic rings. The molecule has 6 heteroatoms. The van der Waals surface area contributed by atoms with Crippen molar-refractivity contribution >= 4 is 28.4 Å². The normalized spacial score (nSPS) is 17.0. The van der Waals surface area contributed by atoms with Crippen LogP contribution in [0.2, 0.25) is 0 Å². The fraction of sp³-hybridized carbons (Fsp3) is 0.333. The van der Waals surface area contributed by atoms with Gasteiger partial charge < -0.3 is 15.6 Å². The maximum Gasteiger partial charge on any atom is 0.313 e. The Morgan fingerprint density at radius 3 is 2.77 bits per heavy atom. The highest BCUT2D eigenvalue weighted by Gasteiger charge is 2.24. The molecule has 1 aliphatic heterocycles. The summed E-state index contributed by atoms with van der Waals surface area (Å²) in [5.74, 6) is -1.22. The third-order valence-electron chi connectivity index (χ3n) is 5.83. The topological polar surface area (TPSA) is 77.2 Å². The number of aromatic nitrogens is 1. The molecule has 1 saturated heterocycles. The molecular weight excluding hydrogens is 376 g/mol. The number of nitrogens with zero attached hydrogens (tertiary/aromatic N) is 1. The molecule has 2 amide bonds. The van der Waals surface area contributed by atoms with Gasteiger partial charge in [-0.1, -0.05) is 36.8 Å². The second-order valence-corrected chi connectivity index (χ2v) is 8.00. The summed E-state index contributed by atoms with van der Waals surface area (Å²) in [6.07, 6.45) is 5.26. The van der Waals surface area contributed by atoms with Crippen LogP contribution < -0.4 is 10.6 Å². The van der Waals surface area contributed by atoms with Gasteiger partial charge >= 0.3 is 11.8 Å². The molecule has 0 spiro atoms. The Hall–Kier alpha value is -3.12. The Morgan fingerprint density at radius 2 is 1.93 bits per heavy atom. The Balaban J connectivity index is 1.33. The molecule has 4 rings (SSSR count). The van der Waals surface area contributed by atoms with Crippen molar-refractivity contribution in [2.45, 2.75) is 38.8 Å². The molecule has 156 valence electrons. The van der Waals surface area contributed by atoms with Gasteiger partial charge in [0.05, 0.1) is 0 Å². The summed E-state index contributed by atoms with van der Waals surface area (Å²) in [5, 5.41) is 6.58. The third kappa shape index (κ3) is 4.71. The Bertz CT molecular complexity index is 1030. The fourth-order valence-electron chi connectivity index (χ4n) is 4.13. The van der Waals surface area contributed by atoms with Crippen molar-refractivity contribution in [2.24, 2.45) is 0 Å². The first-order chi connectivity index (χ1) is 14.6. The lowest BCUT2D eigenvalue weighted by atomic mass is 10.0. The quantitative estimate of drug-likeness (QED) is 0.569. The van der Waals surface area contributed by atoms with E-state index < -0.39 is 11.8 Å². The van der Waals surface area contributed by atoms with Crippen molar-refractivity contribution in [1.29, 1.82) is 0 Å². The maximum absolute atomic E-state index is 12.4. The number of anilines is 1. The number of hydrogen-bond acceptors (Lipinski definition) is 3. The highest BCUT2D eigenvalue weighted by atomic mass is 16.2. The molecule has 1 aromatic heterocycles. The zero-order chi connectivity index (χ0) is 20.9. The van der Waals surface area contributed by atoms with Crippen LogP contribution in [0, 0.1) is 6.92 Å². The van der Waals surface area contributed by atoms with Crippen LogP contribution in [0.15, 0.2) is 54.7 Å². The van der Waals surface area contributed by atoms with E-state index in [1.54, 1.807) is 6.07 Å². The zero-order valence-corrected chi connectivity index (χ0v) is 17.3. The van der Waals surface area contributed by atoms with Gasteiger partial charge in [-0.2, -0.15) is 0 Å². The number of aryl methyl sites for hydroxylation is 1. The van der Waals surface area contributed by atoms with Crippen molar-refractivity contribution in [3.8, 4) is 0 Å². The largest absolute Gasteiger partial charge is 0.361 e. The van der Waals surface area contributed by atoms with Crippen LogP contribution in [0.5, 0.6) is 0 Å². The molecule has 3 N–H and O–H groups in total. The molecule has 30 heavy (non-hydrogen) atoms. The molecule has 2 aromatic carbocycles. The van der Waals surface area contributed by atoms with E-state index in [-0.39, 0.29) is 6.04 Å². The third-order valence-corrected chi connectivity index (χ3v) is 5.83. The van der Waals surface area contributed by atoms with Crippen LogP contribution in [0.4, 0.5) is 5.69 Å². The van der Waals surface area contributed by atoms with Crippen molar-refractivity contribution in [3.63, 3.8) is 0 Å². The van der Waals surface area contributed by atoms with Gasteiger partial charge in [-0.15, -0.1) is 0 Å². The number of hydrogen-bond donors (Lipinski definition) is 3. The number of nitrogens with one attached hydrogen (secondary N) is 3. The summed E-state index contributed by atoms with van der Waals surface area (Å²) >= 11 is 0. The average molecular weight is 405 g/mol. The predicted octanol–water partition coefficient (Wildman–Crippen LogP) is 3.59. The summed E-state index contributed by atoms with van der Waals surface area (Å²) in [7, 11) is 0. The molecule has 0 bridgehead atoms. The van der Waals surface area contributed by atoms with Crippen LogP contribution >= 0.6 is 0 Å². The number of carbonyl (C=O) groups excluding carboxylic acids is 2. The molecule has 1 fully saturated rings. The number of piperidine rings is 1. The van der Waals surface area contributed by atoms with Crippen molar-refractivity contribution in [1.82, 2.24) is 15.2 Å². The van der Waals surface area contributed by atoms with E-state index in [2.05, 4.69) is 32.7 Å². The second-order valence-electron chi connectivity index (χ2n) is 8.00. The van der Waals surface area contributed by atoms with Crippen molar-refractivity contribution in [2.75, 3.05) is 18.4 Å². The van der Waals surface area contributed by atoms with Crippen LogP contribution in [-0.2, 0) is 16.1 Å². The standard InChI is InChI=1S/C24H28N4O2/c1-17-14-25-22-11-10-19(13-21(17)22)27-24(30)23(29)26-15-20-9-5-6-12-28(20)16-18-7-3-2-4-8-18/h2-4,7-8,10-11,13-14,20,25H,5-6,9,12,15-16H2,1H3,(H,26,29)(H,27,30). The van der Waals surface area contributed by atoms with E-state index in [4.69, 9.17) is 0 Å². The molecule has 0 saturated carbocycles. The monoisotopic (exact) mass is 404 g/mol.